The van der Waals surface area contributed by atoms with Crippen LogP contribution in [0.1, 0.15) is 226 Å². The fourth-order valence-electron chi connectivity index (χ4n) is 6.49. The van der Waals surface area contributed by atoms with Crippen molar-refractivity contribution in [2.75, 3.05) is 6.61 Å². The molecular weight excluding hydrogens is 558 g/mol. The molecule has 0 rings (SSSR count). The normalized spacial score (nSPS) is 13.6. The van der Waals surface area contributed by atoms with Gasteiger partial charge in [-0.05, 0) is 12.8 Å². The van der Waals surface area contributed by atoms with Crippen LogP contribution >= 0.6 is 0 Å². The van der Waals surface area contributed by atoms with Crippen molar-refractivity contribution in [2.45, 2.75) is 244 Å². The summed E-state index contributed by atoms with van der Waals surface area (Å²) in [6, 6.07) is -0.703. The van der Waals surface area contributed by atoms with Gasteiger partial charge in [-0.1, -0.05) is 213 Å². The molecule has 0 aliphatic rings. The van der Waals surface area contributed by atoms with Gasteiger partial charge in [0.15, 0.2) is 0 Å². The number of hydrogen-bond acceptors (Lipinski definition) is 4. The van der Waals surface area contributed by atoms with Crippen molar-refractivity contribution >= 4 is 5.91 Å². The molecule has 3 atom stereocenters. The van der Waals surface area contributed by atoms with Crippen LogP contribution in [0.25, 0.3) is 0 Å². The average molecular weight is 640 g/mol. The Morgan fingerprint density at radius 3 is 1.00 bits per heavy atom. The molecular formula is C40H81NO4. The molecule has 0 bridgehead atoms. The molecule has 0 radical (unpaired) electrons. The van der Waals surface area contributed by atoms with E-state index in [0.29, 0.717) is 12.8 Å². The second-order valence-electron chi connectivity index (χ2n) is 14.2. The first kappa shape index (κ1) is 44.4. The third-order valence-electron chi connectivity index (χ3n) is 9.73. The largest absolute Gasteiger partial charge is 0.394 e. The summed E-state index contributed by atoms with van der Waals surface area (Å²) in [5.41, 5.74) is 0. The second-order valence-corrected chi connectivity index (χ2v) is 14.2. The topological polar surface area (TPSA) is 89.8 Å². The fraction of sp³-hybridized carbons (Fsp3) is 0.975. The van der Waals surface area contributed by atoms with Crippen molar-refractivity contribution in [2.24, 2.45) is 0 Å². The Kier molecular flexibility index (Phi) is 35.7. The van der Waals surface area contributed by atoms with Gasteiger partial charge in [-0.25, -0.2) is 0 Å². The van der Waals surface area contributed by atoms with Crippen LogP contribution in [0.15, 0.2) is 0 Å². The van der Waals surface area contributed by atoms with Crippen molar-refractivity contribution in [1.29, 1.82) is 0 Å². The van der Waals surface area contributed by atoms with Gasteiger partial charge in [-0.15, -0.1) is 0 Å². The zero-order valence-electron chi connectivity index (χ0n) is 30.5. The number of aliphatic hydroxyl groups is 3. The van der Waals surface area contributed by atoms with Gasteiger partial charge in [-0.2, -0.15) is 0 Å². The number of aliphatic hydroxyl groups excluding tert-OH is 3. The summed E-state index contributed by atoms with van der Waals surface area (Å²) in [5.74, 6) is -0.472. The maximum Gasteiger partial charge on any atom is 0.249 e. The van der Waals surface area contributed by atoms with E-state index in [4.69, 9.17) is 0 Å². The summed E-state index contributed by atoms with van der Waals surface area (Å²) in [5, 5.41) is 33.1. The zero-order chi connectivity index (χ0) is 33.1. The van der Waals surface area contributed by atoms with Crippen molar-refractivity contribution < 1.29 is 20.1 Å². The molecule has 0 aromatic rings. The number of amides is 1. The standard InChI is InChI=1S/C40H81NO4/c1-3-5-7-9-11-13-14-15-16-17-18-19-20-21-22-23-24-25-26-27-29-30-32-34-38(43)37(36-42)41-40(45)39(44)35-33-31-28-12-10-8-6-4-2/h37-39,42-44H,3-36H2,1-2H3,(H,41,45). The number of unbranched alkanes of at least 4 members (excludes halogenated alkanes) is 29. The number of carbonyl (C=O) groups is 1. The van der Waals surface area contributed by atoms with E-state index in [-0.39, 0.29) is 6.61 Å². The first-order valence-corrected chi connectivity index (χ1v) is 20.3. The molecule has 5 heteroatoms. The minimum atomic E-state index is -1.06. The Morgan fingerprint density at radius 1 is 0.444 bits per heavy atom. The third-order valence-corrected chi connectivity index (χ3v) is 9.73. The first-order chi connectivity index (χ1) is 22.1. The highest BCUT2D eigenvalue weighted by atomic mass is 16.3. The molecule has 0 aromatic heterocycles. The van der Waals surface area contributed by atoms with Crippen molar-refractivity contribution in [3.05, 3.63) is 0 Å². The Morgan fingerprint density at radius 2 is 0.711 bits per heavy atom. The van der Waals surface area contributed by atoms with Gasteiger partial charge in [0.25, 0.3) is 0 Å². The van der Waals surface area contributed by atoms with E-state index in [1.807, 2.05) is 0 Å². The van der Waals surface area contributed by atoms with Crippen LogP contribution in [-0.4, -0.2) is 46.1 Å². The minimum absolute atomic E-state index is 0.309. The highest BCUT2D eigenvalue weighted by Crippen LogP contribution is 2.17. The molecule has 45 heavy (non-hydrogen) atoms. The molecule has 0 saturated carbocycles. The number of carbonyl (C=O) groups excluding carboxylic acids is 1. The average Bonchev–Trinajstić information content (AvgIpc) is 3.04. The molecule has 0 saturated heterocycles. The van der Waals surface area contributed by atoms with E-state index in [2.05, 4.69) is 19.2 Å². The van der Waals surface area contributed by atoms with Crippen LogP contribution in [0.5, 0.6) is 0 Å². The lowest BCUT2D eigenvalue weighted by atomic mass is 10.0. The summed E-state index contributed by atoms with van der Waals surface area (Å²) < 4.78 is 0. The molecule has 3 unspecified atom stereocenters. The predicted octanol–water partition coefficient (Wildman–Crippen LogP) is 11.1. The number of nitrogens with one attached hydrogen (secondary N) is 1. The van der Waals surface area contributed by atoms with Crippen molar-refractivity contribution in [3.8, 4) is 0 Å². The second kappa shape index (κ2) is 36.2. The lowest BCUT2D eigenvalue weighted by molar-refractivity contribution is -0.131. The molecule has 0 fully saturated rings. The Balaban J connectivity index is 3.51. The Bertz CT molecular complexity index is 587. The highest BCUT2D eigenvalue weighted by molar-refractivity contribution is 5.80. The van der Waals surface area contributed by atoms with Crippen LogP contribution < -0.4 is 5.32 Å². The van der Waals surface area contributed by atoms with Crippen LogP contribution in [0, 0.1) is 0 Å². The minimum Gasteiger partial charge on any atom is -0.394 e. The maximum absolute atomic E-state index is 12.3. The lowest BCUT2D eigenvalue weighted by Gasteiger charge is -2.23. The van der Waals surface area contributed by atoms with Crippen molar-refractivity contribution in [3.63, 3.8) is 0 Å². The Hall–Kier alpha value is -0.650. The monoisotopic (exact) mass is 640 g/mol. The van der Waals surface area contributed by atoms with E-state index in [9.17, 15) is 20.1 Å². The van der Waals surface area contributed by atoms with Gasteiger partial charge >= 0.3 is 0 Å². The smallest absolute Gasteiger partial charge is 0.249 e. The third kappa shape index (κ3) is 31.7. The van der Waals surface area contributed by atoms with E-state index in [1.165, 1.54) is 167 Å². The molecule has 0 aromatic carbocycles. The van der Waals surface area contributed by atoms with E-state index in [0.717, 1.165) is 32.1 Å². The molecule has 0 spiro atoms. The molecule has 0 heterocycles. The van der Waals surface area contributed by atoms with Gasteiger partial charge < -0.3 is 20.6 Å². The molecule has 1 amide bonds. The SMILES string of the molecule is CCCCCCCCCCCCCCCCCCCCCCCCCC(O)C(CO)NC(=O)C(O)CCCCCCCCCC. The summed E-state index contributed by atoms with van der Waals surface area (Å²) in [4.78, 5) is 12.3. The van der Waals surface area contributed by atoms with Gasteiger partial charge in [0.1, 0.15) is 6.10 Å². The van der Waals surface area contributed by atoms with Crippen LogP contribution in [0.3, 0.4) is 0 Å². The first-order valence-electron chi connectivity index (χ1n) is 20.3. The summed E-state index contributed by atoms with van der Waals surface area (Å²) in [6.45, 7) is 4.20. The highest BCUT2D eigenvalue weighted by Gasteiger charge is 2.23. The number of rotatable bonds is 37. The molecule has 270 valence electrons. The van der Waals surface area contributed by atoms with Gasteiger partial charge in [-0.3, -0.25) is 4.79 Å². The molecule has 4 N–H and O–H groups in total. The van der Waals surface area contributed by atoms with Gasteiger partial charge in [0, 0.05) is 0 Å². The van der Waals surface area contributed by atoms with Crippen LogP contribution in [-0.2, 0) is 4.79 Å². The summed E-state index contributed by atoms with van der Waals surface area (Å²) >= 11 is 0. The van der Waals surface area contributed by atoms with Crippen LogP contribution in [0.4, 0.5) is 0 Å². The van der Waals surface area contributed by atoms with Crippen LogP contribution in [0.2, 0.25) is 0 Å². The Labute approximate surface area is 281 Å². The number of hydrogen-bond donors (Lipinski definition) is 4. The quantitative estimate of drug-likeness (QED) is 0.0509. The van der Waals surface area contributed by atoms with Gasteiger partial charge in [0.2, 0.25) is 5.91 Å². The predicted molar refractivity (Wildman–Crippen MR) is 195 cm³/mol. The fourth-order valence-corrected chi connectivity index (χ4v) is 6.49. The molecule has 5 nitrogen and oxygen atoms in total. The zero-order valence-corrected chi connectivity index (χ0v) is 30.5. The summed E-state index contributed by atoms with van der Waals surface area (Å²) in [7, 11) is 0. The van der Waals surface area contributed by atoms with Crippen molar-refractivity contribution in [1.82, 2.24) is 5.32 Å². The molecule has 0 aliphatic carbocycles. The lowest BCUT2D eigenvalue weighted by Crippen LogP contribution is -2.49. The van der Waals surface area contributed by atoms with E-state index < -0.39 is 24.2 Å². The van der Waals surface area contributed by atoms with Gasteiger partial charge in [0.05, 0.1) is 18.8 Å². The van der Waals surface area contributed by atoms with E-state index >= 15 is 0 Å². The molecule has 0 aliphatic heterocycles. The van der Waals surface area contributed by atoms with E-state index in [1.54, 1.807) is 0 Å². The maximum atomic E-state index is 12.3. The summed E-state index contributed by atoms with van der Waals surface area (Å²) in [6.07, 6.45) is 39.7.